The fourth-order valence-corrected chi connectivity index (χ4v) is 3.30. The smallest absolute Gasteiger partial charge is 0.191 e. The minimum absolute atomic E-state index is 0.508. The monoisotopic (exact) mass is 350 g/mol. The summed E-state index contributed by atoms with van der Waals surface area (Å²) in [6, 6.07) is 0.508. The van der Waals surface area contributed by atoms with E-state index in [4.69, 9.17) is 9.73 Å². The number of nitrogens with zero attached hydrogens (tertiary/aromatic N) is 4. The van der Waals surface area contributed by atoms with Crippen molar-refractivity contribution in [3.05, 3.63) is 11.6 Å². The molecule has 1 fully saturated rings. The largest absolute Gasteiger partial charge is 0.385 e. The molecule has 0 spiro atoms. The van der Waals surface area contributed by atoms with Crippen molar-refractivity contribution in [2.45, 2.75) is 65.0 Å². The normalized spacial score (nSPS) is 21.4. The van der Waals surface area contributed by atoms with E-state index >= 15 is 0 Å². The second-order valence-corrected chi connectivity index (χ2v) is 6.94. The first kappa shape index (κ1) is 19.7. The second kappa shape index (κ2) is 10.4. The number of rotatable bonds is 8. The predicted molar refractivity (Wildman–Crippen MR) is 101 cm³/mol. The lowest BCUT2D eigenvalue weighted by Gasteiger charge is -2.30. The van der Waals surface area contributed by atoms with E-state index in [-0.39, 0.29) is 0 Å². The van der Waals surface area contributed by atoms with Gasteiger partial charge in [-0.05, 0) is 32.1 Å². The summed E-state index contributed by atoms with van der Waals surface area (Å²) in [5, 5.41) is 15.4. The quantitative estimate of drug-likeness (QED) is 0.427. The van der Waals surface area contributed by atoms with Gasteiger partial charge in [0.25, 0.3) is 0 Å². The Labute approximate surface area is 151 Å². The molecule has 0 saturated heterocycles. The Kier molecular flexibility index (Phi) is 8.18. The van der Waals surface area contributed by atoms with E-state index in [1.165, 1.54) is 32.1 Å². The van der Waals surface area contributed by atoms with Crippen LogP contribution in [-0.4, -0.2) is 47.0 Å². The third-order valence-corrected chi connectivity index (χ3v) is 5.08. The van der Waals surface area contributed by atoms with E-state index in [0.717, 1.165) is 43.1 Å². The third-order valence-electron chi connectivity index (χ3n) is 5.08. The van der Waals surface area contributed by atoms with E-state index in [1.807, 2.05) is 18.5 Å². The Morgan fingerprint density at radius 3 is 2.88 bits per heavy atom. The molecule has 1 aromatic heterocycles. The molecule has 2 atom stereocenters. The summed E-state index contributed by atoms with van der Waals surface area (Å²) in [6.45, 7) is 6.38. The SMILES string of the molecule is CCC1CCCC(NC(=NCc2nnc(C)n2C)NCCCOC)C1. The van der Waals surface area contributed by atoms with Gasteiger partial charge >= 0.3 is 0 Å². The van der Waals surface area contributed by atoms with E-state index in [2.05, 4.69) is 27.8 Å². The van der Waals surface area contributed by atoms with Crippen LogP contribution in [0, 0.1) is 12.8 Å². The molecule has 2 rings (SSSR count). The highest BCUT2D eigenvalue weighted by molar-refractivity contribution is 5.80. The van der Waals surface area contributed by atoms with E-state index in [1.54, 1.807) is 7.11 Å². The lowest BCUT2D eigenvalue weighted by Crippen LogP contribution is -2.45. The van der Waals surface area contributed by atoms with Crippen LogP contribution in [0.25, 0.3) is 0 Å². The number of guanidine groups is 1. The van der Waals surface area contributed by atoms with Crippen LogP contribution in [0.1, 0.15) is 57.1 Å². The number of hydrogen-bond acceptors (Lipinski definition) is 4. The van der Waals surface area contributed by atoms with Gasteiger partial charge in [0.1, 0.15) is 12.4 Å². The first-order valence-corrected chi connectivity index (χ1v) is 9.52. The van der Waals surface area contributed by atoms with Crippen molar-refractivity contribution in [3.8, 4) is 0 Å². The molecular formula is C18H34N6O. The number of aryl methyl sites for hydroxylation is 1. The van der Waals surface area contributed by atoms with Crippen LogP contribution in [-0.2, 0) is 18.3 Å². The molecule has 0 amide bonds. The fourth-order valence-electron chi connectivity index (χ4n) is 3.30. The molecule has 7 nitrogen and oxygen atoms in total. The molecule has 1 saturated carbocycles. The van der Waals surface area contributed by atoms with Gasteiger partial charge in [-0.2, -0.15) is 0 Å². The molecule has 0 aliphatic heterocycles. The Morgan fingerprint density at radius 2 is 2.20 bits per heavy atom. The maximum atomic E-state index is 5.13. The number of ether oxygens (including phenoxy) is 1. The van der Waals surface area contributed by atoms with Gasteiger partial charge in [-0.15, -0.1) is 10.2 Å². The second-order valence-electron chi connectivity index (χ2n) is 6.94. The number of aliphatic imine (C=N–C) groups is 1. The minimum Gasteiger partial charge on any atom is -0.385 e. The van der Waals surface area contributed by atoms with Crippen molar-refractivity contribution in [2.75, 3.05) is 20.3 Å². The summed E-state index contributed by atoms with van der Waals surface area (Å²) >= 11 is 0. The summed E-state index contributed by atoms with van der Waals surface area (Å²) in [5.41, 5.74) is 0. The van der Waals surface area contributed by atoms with E-state index < -0.39 is 0 Å². The molecule has 25 heavy (non-hydrogen) atoms. The maximum Gasteiger partial charge on any atom is 0.191 e. The van der Waals surface area contributed by atoms with Crippen LogP contribution < -0.4 is 10.6 Å². The van der Waals surface area contributed by atoms with Gasteiger partial charge in [-0.1, -0.05) is 26.2 Å². The summed E-state index contributed by atoms with van der Waals surface area (Å²) < 4.78 is 7.11. The van der Waals surface area contributed by atoms with Crippen molar-refractivity contribution in [3.63, 3.8) is 0 Å². The standard InChI is InChI=1S/C18H34N6O/c1-5-15-8-6-9-16(12-15)21-18(19-10-7-11-25-4)20-13-17-23-22-14(2)24(17)3/h15-16H,5-13H2,1-4H3,(H2,19,20,21). The average Bonchev–Trinajstić information content (AvgIpc) is 2.95. The molecule has 0 bridgehead atoms. The van der Waals surface area contributed by atoms with Gasteiger partial charge in [0, 0.05) is 33.4 Å². The molecule has 2 N–H and O–H groups in total. The molecule has 1 heterocycles. The van der Waals surface area contributed by atoms with Crippen molar-refractivity contribution >= 4 is 5.96 Å². The van der Waals surface area contributed by atoms with Gasteiger partial charge in [-0.25, -0.2) is 4.99 Å². The van der Waals surface area contributed by atoms with Crippen LogP contribution in [0.15, 0.2) is 4.99 Å². The van der Waals surface area contributed by atoms with Crippen LogP contribution in [0.2, 0.25) is 0 Å². The third kappa shape index (κ3) is 6.30. The number of hydrogen-bond donors (Lipinski definition) is 2. The molecule has 1 aliphatic carbocycles. The number of methoxy groups -OCH3 is 1. The fraction of sp³-hybridized carbons (Fsp3) is 0.833. The molecule has 142 valence electrons. The van der Waals surface area contributed by atoms with Crippen LogP contribution >= 0.6 is 0 Å². The van der Waals surface area contributed by atoms with Gasteiger partial charge in [0.2, 0.25) is 0 Å². The topological polar surface area (TPSA) is 76.4 Å². The highest BCUT2D eigenvalue weighted by Crippen LogP contribution is 2.26. The average molecular weight is 351 g/mol. The first-order chi connectivity index (χ1) is 12.1. The molecule has 0 radical (unpaired) electrons. The van der Waals surface area contributed by atoms with Crippen LogP contribution in [0.4, 0.5) is 0 Å². The van der Waals surface area contributed by atoms with Crippen LogP contribution in [0.5, 0.6) is 0 Å². The summed E-state index contributed by atoms with van der Waals surface area (Å²) in [5.74, 6) is 3.50. The molecule has 2 unspecified atom stereocenters. The molecule has 0 aromatic carbocycles. The van der Waals surface area contributed by atoms with Crippen LogP contribution in [0.3, 0.4) is 0 Å². The van der Waals surface area contributed by atoms with E-state index in [9.17, 15) is 0 Å². The van der Waals surface area contributed by atoms with Gasteiger partial charge in [-0.3, -0.25) is 0 Å². The zero-order valence-corrected chi connectivity index (χ0v) is 16.2. The van der Waals surface area contributed by atoms with Crippen molar-refractivity contribution in [1.29, 1.82) is 0 Å². The molecule has 1 aromatic rings. The summed E-state index contributed by atoms with van der Waals surface area (Å²) in [6.07, 6.45) is 7.35. The van der Waals surface area contributed by atoms with Gasteiger partial charge in [0.05, 0.1) is 0 Å². The first-order valence-electron chi connectivity index (χ1n) is 9.52. The van der Waals surface area contributed by atoms with Gasteiger partial charge in [0.15, 0.2) is 11.8 Å². The Morgan fingerprint density at radius 1 is 1.36 bits per heavy atom. The molecular weight excluding hydrogens is 316 g/mol. The summed E-state index contributed by atoms with van der Waals surface area (Å²) in [7, 11) is 3.71. The highest BCUT2D eigenvalue weighted by Gasteiger charge is 2.21. The minimum atomic E-state index is 0.508. The van der Waals surface area contributed by atoms with Crippen molar-refractivity contribution < 1.29 is 4.74 Å². The number of nitrogens with one attached hydrogen (secondary N) is 2. The zero-order valence-electron chi connectivity index (χ0n) is 16.2. The summed E-state index contributed by atoms with van der Waals surface area (Å²) in [4.78, 5) is 4.74. The van der Waals surface area contributed by atoms with E-state index in [0.29, 0.717) is 12.6 Å². The van der Waals surface area contributed by atoms with Crippen molar-refractivity contribution in [2.24, 2.45) is 18.0 Å². The molecule has 7 heteroatoms. The Balaban J connectivity index is 1.96. The predicted octanol–water partition coefficient (Wildman–Crippen LogP) is 2.16. The van der Waals surface area contributed by atoms with Crippen molar-refractivity contribution in [1.82, 2.24) is 25.4 Å². The Hall–Kier alpha value is -1.63. The maximum absolute atomic E-state index is 5.13. The highest BCUT2D eigenvalue weighted by atomic mass is 16.5. The van der Waals surface area contributed by atoms with Gasteiger partial charge < -0.3 is 19.9 Å². The Bertz CT molecular complexity index is 542. The lowest BCUT2D eigenvalue weighted by molar-refractivity contribution is 0.195. The zero-order chi connectivity index (χ0) is 18.1. The lowest BCUT2D eigenvalue weighted by atomic mass is 9.84. The molecule has 1 aliphatic rings. The number of aromatic nitrogens is 3.